The molecule has 1 aromatic carbocycles. The van der Waals surface area contributed by atoms with E-state index in [4.69, 9.17) is 9.47 Å². The fourth-order valence-corrected chi connectivity index (χ4v) is 2.24. The van der Waals surface area contributed by atoms with E-state index < -0.39 is 5.54 Å². The van der Waals surface area contributed by atoms with Crippen molar-refractivity contribution in [3.05, 3.63) is 22.2 Å². The fourth-order valence-electron chi connectivity index (χ4n) is 1.64. The van der Waals surface area contributed by atoms with Crippen molar-refractivity contribution in [2.45, 2.75) is 25.9 Å². The van der Waals surface area contributed by atoms with E-state index in [2.05, 4.69) is 21.2 Å². The van der Waals surface area contributed by atoms with Crippen LogP contribution in [0.4, 0.5) is 0 Å². The molecule has 0 spiro atoms. The van der Waals surface area contributed by atoms with Crippen LogP contribution in [0, 0.1) is 0 Å². The average molecular weight is 348 g/mol. The van der Waals surface area contributed by atoms with Crippen molar-refractivity contribution in [2.24, 2.45) is 0 Å². The van der Waals surface area contributed by atoms with Crippen LogP contribution < -0.4 is 14.8 Å². The monoisotopic (exact) mass is 347 g/mol. The summed E-state index contributed by atoms with van der Waals surface area (Å²) >= 11 is 3.46. The smallest absolute Gasteiger partial charge is 0.175 e. The van der Waals surface area contributed by atoms with Crippen LogP contribution >= 0.6 is 15.9 Å². The van der Waals surface area contributed by atoms with Crippen LogP contribution in [0.1, 0.15) is 19.4 Å². The first kappa shape index (κ1) is 17.2. The van der Waals surface area contributed by atoms with Crippen LogP contribution in [-0.4, -0.2) is 42.7 Å². The molecule has 0 heterocycles. The number of halogens is 1. The highest BCUT2D eigenvalue weighted by Gasteiger charge is 2.21. The lowest BCUT2D eigenvalue weighted by Gasteiger charge is -2.26. The molecule has 0 unspecified atom stereocenters. The number of aliphatic hydroxyl groups is 2. The van der Waals surface area contributed by atoms with Crippen molar-refractivity contribution in [3.63, 3.8) is 0 Å². The van der Waals surface area contributed by atoms with Crippen LogP contribution in [0.5, 0.6) is 11.5 Å². The van der Waals surface area contributed by atoms with Gasteiger partial charge < -0.3 is 25.0 Å². The zero-order chi connectivity index (χ0) is 15.2. The molecule has 6 heteroatoms. The van der Waals surface area contributed by atoms with Crippen molar-refractivity contribution < 1.29 is 19.7 Å². The number of benzene rings is 1. The SMILES string of the molecule is CCOc1c(Br)cc(CNC(C)(CO)CO)cc1OC. The van der Waals surface area contributed by atoms with Gasteiger partial charge in [0.05, 0.1) is 36.9 Å². The van der Waals surface area contributed by atoms with Crippen molar-refractivity contribution in [1.29, 1.82) is 0 Å². The molecule has 0 saturated carbocycles. The number of nitrogens with one attached hydrogen (secondary N) is 1. The second-order valence-corrected chi connectivity index (χ2v) is 5.63. The summed E-state index contributed by atoms with van der Waals surface area (Å²) in [5, 5.41) is 21.6. The van der Waals surface area contributed by atoms with Crippen molar-refractivity contribution in [1.82, 2.24) is 5.32 Å². The molecule has 114 valence electrons. The van der Waals surface area contributed by atoms with Crippen molar-refractivity contribution >= 4 is 15.9 Å². The number of hydrogen-bond acceptors (Lipinski definition) is 5. The molecule has 5 nitrogen and oxygen atoms in total. The normalized spacial score (nSPS) is 11.5. The Morgan fingerprint density at radius 3 is 2.45 bits per heavy atom. The minimum absolute atomic E-state index is 0.140. The highest BCUT2D eigenvalue weighted by atomic mass is 79.9. The highest BCUT2D eigenvalue weighted by Crippen LogP contribution is 2.36. The van der Waals surface area contributed by atoms with E-state index in [1.807, 2.05) is 19.1 Å². The average Bonchev–Trinajstić information content (AvgIpc) is 2.47. The molecule has 20 heavy (non-hydrogen) atoms. The van der Waals surface area contributed by atoms with Gasteiger partial charge in [-0.2, -0.15) is 0 Å². The summed E-state index contributed by atoms with van der Waals surface area (Å²) in [6.45, 7) is 4.44. The first-order valence-corrected chi connectivity index (χ1v) is 7.25. The van der Waals surface area contributed by atoms with Gasteiger partial charge in [0, 0.05) is 6.54 Å². The molecule has 0 radical (unpaired) electrons. The maximum Gasteiger partial charge on any atom is 0.175 e. The van der Waals surface area contributed by atoms with Gasteiger partial charge in [-0.3, -0.25) is 0 Å². The maximum absolute atomic E-state index is 9.26. The Morgan fingerprint density at radius 1 is 1.30 bits per heavy atom. The molecule has 0 saturated heterocycles. The van der Waals surface area contributed by atoms with Gasteiger partial charge in [-0.15, -0.1) is 0 Å². The Balaban J connectivity index is 2.89. The van der Waals surface area contributed by atoms with E-state index in [-0.39, 0.29) is 13.2 Å². The summed E-state index contributed by atoms with van der Waals surface area (Å²) in [5.74, 6) is 1.32. The van der Waals surface area contributed by atoms with E-state index in [0.29, 0.717) is 24.7 Å². The maximum atomic E-state index is 9.26. The molecular weight excluding hydrogens is 326 g/mol. The molecule has 1 rings (SSSR count). The number of ether oxygens (including phenoxy) is 2. The third kappa shape index (κ3) is 4.34. The fraction of sp³-hybridized carbons (Fsp3) is 0.571. The Bertz CT molecular complexity index is 435. The van der Waals surface area contributed by atoms with Gasteiger partial charge in [-0.05, 0) is 47.5 Å². The van der Waals surface area contributed by atoms with Gasteiger partial charge in [-0.25, -0.2) is 0 Å². The lowest BCUT2D eigenvalue weighted by molar-refractivity contribution is 0.103. The molecule has 0 amide bonds. The largest absolute Gasteiger partial charge is 0.493 e. The number of methoxy groups -OCH3 is 1. The minimum Gasteiger partial charge on any atom is -0.493 e. The van der Waals surface area contributed by atoms with E-state index in [0.717, 1.165) is 10.0 Å². The summed E-state index contributed by atoms with van der Waals surface area (Å²) in [6, 6.07) is 3.80. The Kier molecular flexibility index (Phi) is 6.75. The number of aliphatic hydroxyl groups excluding tert-OH is 2. The molecule has 0 bridgehead atoms. The topological polar surface area (TPSA) is 71.0 Å². The first-order valence-electron chi connectivity index (χ1n) is 6.45. The van der Waals surface area contributed by atoms with Gasteiger partial charge in [0.1, 0.15) is 0 Å². The summed E-state index contributed by atoms with van der Waals surface area (Å²) in [6.07, 6.45) is 0. The van der Waals surface area contributed by atoms with Crippen LogP contribution in [0.3, 0.4) is 0 Å². The van der Waals surface area contributed by atoms with Gasteiger partial charge in [0.2, 0.25) is 0 Å². The standard InChI is InChI=1S/C14H22BrNO4/c1-4-20-13-11(15)5-10(6-12(13)19-3)7-16-14(2,8-17)9-18/h5-6,16-18H,4,7-9H2,1-3H3. The predicted molar refractivity (Wildman–Crippen MR) is 81.3 cm³/mol. The molecule has 0 aliphatic heterocycles. The van der Waals surface area contributed by atoms with Crippen LogP contribution in [-0.2, 0) is 6.54 Å². The van der Waals surface area contributed by atoms with Crippen LogP contribution in [0.2, 0.25) is 0 Å². The third-order valence-electron chi connectivity index (χ3n) is 3.00. The van der Waals surface area contributed by atoms with E-state index in [1.165, 1.54) is 0 Å². The quantitative estimate of drug-likeness (QED) is 0.667. The molecule has 0 aliphatic carbocycles. The van der Waals surface area contributed by atoms with E-state index in [9.17, 15) is 10.2 Å². The summed E-state index contributed by atoms with van der Waals surface area (Å²) in [5.41, 5.74) is 0.253. The van der Waals surface area contributed by atoms with Crippen LogP contribution in [0.25, 0.3) is 0 Å². The van der Waals surface area contributed by atoms with E-state index >= 15 is 0 Å². The van der Waals surface area contributed by atoms with Gasteiger partial charge in [0.25, 0.3) is 0 Å². The Morgan fingerprint density at radius 2 is 1.95 bits per heavy atom. The molecule has 1 aromatic rings. The van der Waals surface area contributed by atoms with Gasteiger partial charge in [0.15, 0.2) is 11.5 Å². The second-order valence-electron chi connectivity index (χ2n) is 4.77. The summed E-state index contributed by atoms with van der Waals surface area (Å²) in [4.78, 5) is 0. The second kappa shape index (κ2) is 7.83. The predicted octanol–water partition coefficient (Wildman–Crippen LogP) is 1.69. The zero-order valence-corrected chi connectivity index (χ0v) is 13.7. The van der Waals surface area contributed by atoms with Crippen molar-refractivity contribution in [2.75, 3.05) is 26.9 Å². The van der Waals surface area contributed by atoms with Crippen LogP contribution in [0.15, 0.2) is 16.6 Å². The molecule has 0 atom stereocenters. The van der Waals surface area contributed by atoms with E-state index in [1.54, 1.807) is 14.0 Å². The summed E-state index contributed by atoms with van der Waals surface area (Å²) in [7, 11) is 1.59. The highest BCUT2D eigenvalue weighted by molar-refractivity contribution is 9.10. The zero-order valence-electron chi connectivity index (χ0n) is 12.1. The lowest BCUT2D eigenvalue weighted by Crippen LogP contribution is -2.48. The lowest BCUT2D eigenvalue weighted by atomic mass is 10.0. The molecular formula is C14H22BrNO4. The number of rotatable bonds is 8. The Labute approximate surface area is 128 Å². The molecule has 0 aromatic heterocycles. The molecule has 0 aliphatic rings. The number of hydrogen-bond donors (Lipinski definition) is 3. The minimum atomic E-state index is -0.710. The molecule has 3 N–H and O–H groups in total. The first-order chi connectivity index (χ1) is 9.49. The van der Waals surface area contributed by atoms with Gasteiger partial charge >= 0.3 is 0 Å². The van der Waals surface area contributed by atoms with Gasteiger partial charge in [-0.1, -0.05) is 0 Å². The summed E-state index contributed by atoms with van der Waals surface area (Å²) < 4.78 is 11.7. The van der Waals surface area contributed by atoms with Crippen molar-refractivity contribution in [3.8, 4) is 11.5 Å². The molecule has 0 fully saturated rings. The Hall–Kier alpha value is -0.820. The third-order valence-corrected chi connectivity index (χ3v) is 3.58.